The summed E-state index contributed by atoms with van der Waals surface area (Å²) in [5.74, 6) is -0.443. The van der Waals surface area contributed by atoms with Gasteiger partial charge >= 0.3 is 6.03 Å². The summed E-state index contributed by atoms with van der Waals surface area (Å²) in [7, 11) is 0. The Bertz CT molecular complexity index is 1120. The molecule has 1 aromatic heterocycles. The zero-order valence-corrected chi connectivity index (χ0v) is 13.7. The zero-order chi connectivity index (χ0) is 18.1. The average molecular weight is 342 g/mol. The van der Waals surface area contributed by atoms with Crippen LogP contribution in [0.5, 0.6) is 0 Å². The fourth-order valence-corrected chi connectivity index (χ4v) is 3.11. The normalized spacial score (nSPS) is 15.1. The van der Waals surface area contributed by atoms with Crippen molar-refractivity contribution in [1.82, 2.24) is 15.2 Å². The molecule has 3 aromatic rings. The van der Waals surface area contributed by atoms with Gasteiger partial charge in [0.05, 0.1) is 11.6 Å². The predicted octanol–water partition coefficient (Wildman–Crippen LogP) is 2.74. The zero-order valence-electron chi connectivity index (χ0n) is 13.7. The van der Waals surface area contributed by atoms with Crippen LogP contribution in [0, 0.1) is 11.3 Å². The maximum atomic E-state index is 11.8. The maximum absolute atomic E-state index is 11.8. The van der Waals surface area contributed by atoms with Crippen LogP contribution in [-0.2, 0) is 11.3 Å². The molecule has 1 fully saturated rings. The van der Waals surface area contributed by atoms with Crippen molar-refractivity contribution in [2.45, 2.75) is 6.54 Å². The standard InChI is InChI=1S/C20H14N4O2/c21-10-13-5-1-2-6-14(13)11-24-12-15(16-7-3-4-8-18(16)24)9-17-19(25)23-20(26)22-17/h1-9,12H,11H2,(H2,22,23,25,26)/b17-9+. The molecule has 0 radical (unpaired) electrons. The van der Waals surface area contributed by atoms with Crippen molar-refractivity contribution in [2.75, 3.05) is 0 Å². The lowest BCUT2D eigenvalue weighted by Gasteiger charge is -2.07. The molecule has 0 aliphatic carbocycles. The van der Waals surface area contributed by atoms with Crippen molar-refractivity contribution in [3.8, 4) is 6.07 Å². The number of nitriles is 1. The number of hydrogen-bond acceptors (Lipinski definition) is 3. The average Bonchev–Trinajstić information content (AvgIpc) is 3.15. The monoisotopic (exact) mass is 342 g/mol. The lowest BCUT2D eigenvalue weighted by Crippen LogP contribution is -2.22. The topological polar surface area (TPSA) is 86.9 Å². The second-order valence-corrected chi connectivity index (χ2v) is 5.96. The van der Waals surface area contributed by atoms with E-state index in [1.807, 2.05) is 53.2 Å². The third-order valence-corrected chi connectivity index (χ3v) is 4.32. The second kappa shape index (κ2) is 6.22. The van der Waals surface area contributed by atoms with Crippen LogP contribution in [0.1, 0.15) is 16.7 Å². The van der Waals surface area contributed by atoms with E-state index in [4.69, 9.17) is 0 Å². The molecule has 1 saturated heterocycles. The highest BCUT2D eigenvalue weighted by atomic mass is 16.2. The highest BCUT2D eigenvalue weighted by Crippen LogP contribution is 2.25. The second-order valence-electron chi connectivity index (χ2n) is 5.96. The first-order chi connectivity index (χ1) is 12.7. The Labute approximate surface area is 149 Å². The van der Waals surface area contributed by atoms with Gasteiger partial charge in [-0.3, -0.25) is 10.1 Å². The summed E-state index contributed by atoms with van der Waals surface area (Å²) in [4.78, 5) is 23.1. The Morgan fingerprint density at radius 3 is 2.58 bits per heavy atom. The molecule has 2 aromatic carbocycles. The smallest absolute Gasteiger partial charge is 0.326 e. The van der Waals surface area contributed by atoms with E-state index >= 15 is 0 Å². The first-order valence-electron chi connectivity index (χ1n) is 8.05. The molecule has 2 heterocycles. The molecule has 6 heteroatoms. The third kappa shape index (κ3) is 2.72. The number of para-hydroxylation sites is 1. The van der Waals surface area contributed by atoms with E-state index in [2.05, 4.69) is 16.7 Å². The number of benzene rings is 2. The Morgan fingerprint density at radius 2 is 1.81 bits per heavy atom. The molecular weight excluding hydrogens is 328 g/mol. The van der Waals surface area contributed by atoms with Crippen LogP contribution in [0.4, 0.5) is 4.79 Å². The van der Waals surface area contributed by atoms with Crippen molar-refractivity contribution in [1.29, 1.82) is 5.26 Å². The number of amides is 3. The molecule has 4 rings (SSSR count). The van der Waals surface area contributed by atoms with Crippen LogP contribution < -0.4 is 10.6 Å². The van der Waals surface area contributed by atoms with Gasteiger partial charge in [-0.05, 0) is 23.8 Å². The van der Waals surface area contributed by atoms with Crippen molar-refractivity contribution in [3.63, 3.8) is 0 Å². The van der Waals surface area contributed by atoms with Crippen molar-refractivity contribution >= 4 is 28.9 Å². The highest BCUT2D eigenvalue weighted by molar-refractivity contribution is 6.14. The van der Waals surface area contributed by atoms with E-state index in [1.165, 1.54) is 0 Å². The summed E-state index contributed by atoms with van der Waals surface area (Å²) < 4.78 is 2.03. The Morgan fingerprint density at radius 1 is 1.04 bits per heavy atom. The van der Waals surface area contributed by atoms with Crippen LogP contribution in [0.15, 0.2) is 60.4 Å². The van der Waals surface area contributed by atoms with Gasteiger partial charge in [0.25, 0.3) is 5.91 Å². The van der Waals surface area contributed by atoms with Crippen molar-refractivity contribution in [3.05, 3.63) is 77.1 Å². The molecule has 0 unspecified atom stereocenters. The van der Waals surface area contributed by atoms with E-state index in [1.54, 1.807) is 12.1 Å². The summed E-state index contributed by atoms with van der Waals surface area (Å²) in [6.45, 7) is 0.534. The largest absolute Gasteiger partial charge is 0.342 e. The number of carbonyl (C=O) groups excluding carboxylic acids is 2. The minimum Gasteiger partial charge on any atom is -0.342 e. The summed E-state index contributed by atoms with van der Waals surface area (Å²) >= 11 is 0. The van der Waals surface area contributed by atoms with E-state index in [0.717, 1.165) is 22.0 Å². The van der Waals surface area contributed by atoms with Gasteiger partial charge < -0.3 is 9.88 Å². The van der Waals surface area contributed by atoms with Gasteiger partial charge in [0, 0.05) is 29.2 Å². The summed E-state index contributed by atoms with van der Waals surface area (Å²) in [6, 6.07) is 17.0. The highest BCUT2D eigenvalue weighted by Gasteiger charge is 2.23. The molecule has 0 spiro atoms. The molecular formula is C20H14N4O2. The van der Waals surface area contributed by atoms with E-state index < -0.39 is 11.9 Å². The predicted molar refractivity (Wildman–Crippen MR) is 96.8 cm³/mol. The third-order valence-electron chi connectivity index (χ3n) is 4.32. The molecule has 26 heavy (non-hydrogen) atoms. The minimum absolute atomic E-state index is 0.218. The number of urea groups is 1. The van der Waals surface area contributed by atoms with Crippen molar-refractivity contribution in [2.24, 2.45) is 0 Å². The number of nitrogens with zero attached hydrogens (tertiary/aromatic N) is 2. The van der Waals surface area contributed by atoms with Gasteiger partial charge in [-0.25, -0.2) is 4.79 Å². The summed E-state index contributed by atoms with van der Waals surface area (Å²) in [6.07, 6.45) is 3.58. The van der Waals surface area contributed by atoms with Gasteiger partial charge in [-0.2, -0.15) is 5.26 Å². The van der Waals surface area contributed by atoms with Gasteiger partial charge in [-0.15, -0.1) is 0 Å². The maximum Gasteiger partial charge on any atom is 0.326 e. The van der Waals surface area contributed by atoms with Gasteiger partial charge in [0.1, 0.15) is 5.70 Å². The number of nitrogens with one attached hydrogen (secondary N) is 2. The summed E-state index contributed by atoms with van der Waals surface area (Å²) in [5.41, 5.74) is 3.57. The number of aromatic nitrogens is 1. The Kier molecular flexibility index (Phi) is 3.75. The van der Waals surface area contributed by atoms with Gasteiger partial charge in [0.2, 0.25) is 0 Å². The molecule has 2 N–H and O–H groups in total. The van der Waals surface area contributed by atoms with Crippen LogP contribution in [0.25, 0.3) is 17.0 Å². The molecule has 6 nitrogen and oxygen atoms in total. The lowest BCUT2D eigenvalue weighted by atomic mass is 10.1. The van der Waals surface area contributed by atoms with Crippen LogP contribution in [-0.4, -0.2) is 16.5 Å². The SMILES string of the molecule is N#Cc1ccccc1Cn1cc(/C=C2/NC(=O)NC2=O)c2ccccc21. The molecule has 126 valence electrons. The van der Waals surface area contributed by atoms with E-state index in [0.29, 0.717) is 12.1 Å². The number of fused-ring (bicyclic) bond motifs is 1. The van der Waals surface area contributed by atoms with Gasteiger partial charge in [0.15, 0.2) is 0 Å². The fourth-order valence-electron chi connectivity index (χ4n) is 3.11. The number of imide groups is 1. The van der Waals surface area contributed by atoms with Crippen molar-refractivity contribution < 1.29 is 9.59 Å². The fraction of sp³-hybridized carbons (Fsp3) is 0.0500. The van der Waals surface area contributed by atoms with E-state index in [-0.39, 0.29) is 5.70 Å². The van der Waals surface area contributed by atoms with Crippen LogP contribution in [0.3, 0.4) is 0 Å². The first kappa shape index (κ1) is 15.7. The number of hydrogen-bond donors (Lipinski definition) is 2. The first-order valence-corrected chi connectivity index (χ1v) is 8.05. The summed E-state index contributed by atoms with van der Waals surface area (Å²) in [5, 5.41) is 15.0. The Hall–Kier alpha value is -3.85. The van der Waals surface area contributed by atoms with E-state index in [9.17, 15) is 14.9 Å². The van der Waals surface area contributed by atoms with Crippen LogP contribution in [0.2, 0.25) is 0 Å². The number of rotatable bonds is 3. The molecule has 1 aliphatic heterocycles. The molecule has 1 aliphatic rings. The van der Waals surface area contributed by atoms with Gasteiger partial charge in [-0.1, -0.05) is 36.4 Å². The van der Waals surface area contributed by atoms with Crippen LogP contribution >= 0.6 is 0 Å². The number of carbonyl (C=O) groups is 2. The lowest BCUT2D eigenvalue weighted by molar-refractivity contribution is -0.115. The molecule has 0 bridgehead atoms. The molecule has 0 atom stereocenters. The molecule has 3 amide bonds. The molecule has 0 saturated carbocycles. The minimum atomic E-state index is -0.520. The quantitative estimate of drug-likeness (QED) is 0.567. The Balaban J connectivity index is 1.80.